The van der Waals surface area contributed by atoms with E-state index in [0.29, 0.717) is 5.76 Å². The number of rotatable bonds is 0. The highest BCUT2D eigenvalue weighted by Gasteiger charge is 2.58. The van der Waals surface area contributed by atoms with Crippen molar-refractivity contribution in [1.82, 2.24) is 10.4 Å². The third-order valence-electron chi connectivity index (χ3n) is 3.77. The van der Waals surface area contributed by atoms with Crippen LogP contribution in [0, 0.1) is 0 Å². The van der Waals surface area contributed by atoms with Gasteiger partial charge in [-0.15, -0.1) is 11.8 Å². The molecule has 21 heavy (non-hydrogen) atoms. The summed E-state index contributed by atoms with van der Waals surface area (Å²) in [5.41, 5.74) is 1.58. The molecule has 2 amide bonds. The second-order valence-corrected chi connectivity index (χ2v) is 6.31. The van der Waals surface area contributed by atoms with Crippen LogP contribution >= 0.6 is 11.8 Å². The molecular weight excluding hydrogens is 290 g/mol. The highest BCUT2D eigenvalue weighted by molar-refractivity contribution is 8.01. The number of benzene rings is 1. The van der Waals surface area contributed by atoms with Crippen LogP contribution in [0.2, 0.25) is 0 Å². The van der Waals surface area contributed by atoms with Crippen LogP contribution in [0.4, 0.5) is 5.69 Å². The van der Waals surface area contributed by atoms with Gasteiger partial charge in [0.15, 0.2) is 0 Å². The molecule has 1 fully saturated rings. The first-order chi connectivity index (χ1) is 10.1. The van der Waals surface area contributed by atoms with Crippen LogP contribution in [-0.4, -0.2) is 28.8 Å². The SMILES string of the molecule is CC1=CC2NC(=O)CSC3(C(=O)Nc4ccccc43)N2O1. The Balaban J connectivity index is 1.89. The third-order valence-corrected chi connectivity index (χ3v) is 5.18. The minimum atomic E-state index is -1.05. The van der Waals surface area contributed by atoms with E-state index < -0.39 is 11.0 Å². The summed E-state index contributed by atoms with van der Waals surface area (Å²) >= 11 is 1.27. The molecule has 7 heteroatoms. The number of hydroxylamine groups is 2. The predicted molar refractivity (Wildman–Crippen MR) is 77.8 cm³/mol. The predicted octanol–water partition coefficient (Wildman–Crippen LogP) is 1.13. The summed E-state index contributed by atoms with van der Waals surface area (Å²) in [4.78, 5) is 29.3. The molecule has 3 aliphatic rings. The lowest BCUT2D eigenvalue weighted by molar-refractivity contribution is -0.176. The van der Waals surface area contributed by atoms with Gasteiger partial charge in [0.05, 0.1) is 5.75 Å². The summed E-state index contributed by atoms with van der Waals surface area (Å²) < 4.78 is 0. The smallest absolute Gasteiger partial charge is 0.263 e. The fourth-order valence-electron chi connectivity index (χ4n) is 2.91. The number of anilines is 1. The summed E-state index contributed by atoms with van der Waals surface area (Å²) in [5, 5.41) is 7.33. The zero-order valence-electron chi connectivity index (χ0n) is 11.3. The van der Waals surface area contributed by atoms with Crippen molar-refractivity contribution in [2.75, 3.05) is 11.1 Å². The molecule has 0 aliphatic carbocycles. The van der Waals surface area contributed by atoms with Gasteiger partial charge in [-0.2, -0.15) is 0 Å². The van der Waals surface area contributed by atoms with Crippen molar-refractivity contribution in [3.8, 4) is 0 Å². The fraction of sp³-hybridized carbons (Fsp3) is 0.286. The summed E-state index contributed by atoms with van der Waals surface area (Å²) in [6.07, 6.45) is 1.36. The van der Waals surface area contributed by atoms with Crippen LogP contribution in [0.1, 0.15) is 12.5 Å². The van der Waals surface area contributed by atoms with Crippen molar-refractivity contribution in [1.29, 1.82) is 0 Å². The normalized spacial score (nSPS) is 30.9. The molecule has 4 rings (SSSR count). The lowest BCUT2D eigenvalue weighted by Gasteiger charge is -2.35. The number of thioether (sulfide) groups is 1. The largest absolute Gasteiger partial charge is 0.406 e. The number of hydrogen-bond acceptors (Lipinski definition) is 5. The molecule has 6 nitrogen and oxygen atoms in total. The summed E-state index contributed by atoms with van der Waals surface area (Å²) in [6, 6.07) is 7.50. The van der Waals surface area contributed by atoms with Gasteiger partial charge in [0.2, 0.25) is 10.8 Å². The molecule has 0 radical (unpaired) electrons. The van der Waals surface area contributed by atoms with Crippen LogP contribution in [0.5, 0.6) is 0 Å². The van der Waals surface area contributed by atoms with E-state index in [2.05, 4.69) is 10.6 Å². The van der Waals surface area contributed by atoms with E-state index in [0.717, 1.165) is 11.3 Å². The zero-order valence-corrected chi connectivity index (χ0v) is 12.1. The highest BCUT2D eigenvalue weighted by Crippen LogP contribution is 2.51. The van der Waals surface area contributed by atoms with Crippen molar-refractivity contribution in [3.05, 3.63) is 41.7 Å². The number of allylic oxidation sites excluding steroid dienone is 1. The number of fused-ring (bicyclic) bond motifs is 4. The third kappa shape index (κ3) is 1.64. The Hall–Kier alpha value is -1.99. The molecule has 0 bridgehead atoms. The standard InChI is InChI=1S/C14H13N3O3S/c1-8-6-11-16-12(18)7-21-14(17(11)20-8)9-4-2-3-5-10(9)15-13(14)19/h2-6,11H,7H2,1H3,(H,15,19)(H,16,18). The lowest BCUT2D eigenvalue weighted by atomic mass is 10.1. The van der Waals surface area contributed by atoms with Gasteiger partial charge in [-0.25, -0.2) is 0 Å². The molecular formula is C14H13N3O3S. The number of nitrogens with zero attached hydrogens (tertiary/aromatic N) is 1. The van der Waals surface area contributed by atoms with Crippen LogP contribution in [0.3, 0.4) is 0 Å². The van der Waals surface area contributed by atoms with Gasteiger partial charge in [-0.05, 0) is 19.1 Å². The molecule has 1 aromatic carbocycles. The Morgan fingerprint density at radius 3 is 3.05 bits per heavy atom. The fourth-order valence-corrected chi connectivity index (χ4v) is 4.13. The number of hydrogen-bond donors (Lipinski definition) is 2. The van der Waals surface area contributed by atoms with Gasteiger partial charge in [0.25, 0.3) is 5.91 Å². The lowest BCUT2D eigenvalue weighted by Crippen LogP contribution is -2.53. The molecule has 0 aromatic heterocycles. The average Bonchev–Trinajstić information content (AvgIpc) is 2.90. The van der Waals surface area contributed by atoms with Gasteiger partial charge in [0.1, 0.15) is 11.9 Å². The van der Waals surface area contributed by atoms with Gasteiger partial charge in [0, 0.05) is 11.3 Å². The molecule has 1 spiro atoms. The quantitative estimate of drug-likeness (QED) is 0.752. The summed E-state index contributed by atoms with van der Waals surface area (Å²) in [6.45, 7) is 1.80. The average molecular weight is 303 g/mol. The van der Waals surface area contributed by atoms with E-state index in [4.69, 9.17) is 4.84 Å². The number of para-hydroxylation sites is 1. The molecule has 3 aliphatic heterocycles. The first-order valence-electron chi connectivity index (χ1n) is 6.61. The molecule has 3 heterocycles. The Bertz CT molecular complexity index is 690. The van der Waals surface area contributed by atoms with Crippen molar-refractivity contribution >= 4 is 29.3 Å². The monoisotopic (exact) mass is 303 g/mol. The Labute approximate surface area is 125 Å². The van der Waals surface area contributed by atoms with E-state index >= 15 is 0 Å². The zero-order chi connectivity index (χ0) is 14.6. The van der Waals surface area contributed by atoms with E-state index in [1.807, 2.05) is 24.3 Å². The Morgan fingerprint density at radius 2 is 2.19 bits per heavy atom. The maximum atomic E-state index is 12.7. The van der Waals surface area contributed by atoms with E-state index in [9.17, 15) is 9.59 Å². The Kier molecular flexibility index (Phi) is 2.58. The molecule has 2 atom stereocenters. The molecule has 2 unspecified atom stereocenters. The molecule has 1 aromatic rings. The van der Waals surface area contributed by atoms with Gasteiger partial charge in [-0.1, -0.05) is 23.3 Å². The molecule has 108 valence electrons. The van der Waals surface area contributed by atoms with E-state index in [1.54, 1.807) is 18.1 Å². The maximum absolute atomic E-state index is 12.7. The van der Waals surface area contributed by atoms with Crippen molar-refractivity contribution in [3.63, 3.8) is 0 Å². The van der Waals surface area contributed by atoms with Crippen LogP contribution < -0.4 is 10.6 Å². The number of amides is 2. The maximum Gasteiger partial charge on any atom is 0.263 e. The van der Waals surface area contributed by atoms with Gasteiger partial charge in [-0.3, -0.25) is 9.59 Å². The highest BCUT2D eigenvalue weighted by atomic mass is 32.2. The first-order valence-corrected chi connectivity index (χ1v) is 7.60. The number of carbonyl (C=O) groups excluding carboxylic acids is 2. The first kappa shape index (κ1) is 12.7. The summed E-state index contributed by atoms with van der Waals surface area (Å²) in [5.74, 6) is 0.571. The molecule has 1 saturated heterocycles. The topological polar surface area (TPSA) is 70.7 Å². The second kappa shape index (κ2) is 4.25. The van der Waals surface area contributed by atoms with Crippen LogP contribution in [0.15, 0.2) is 36.1 Å². The van der Waals surface area contributed by atoms with Crippen molar-refractivity contribution < 1.29 is 14.4 Å². The van der Waals surface area contributed by atoms with E-state index in [-0.39, 0.29) is 17.6 Å². The van der Waals surface area contributed by atoms with Gasteiger partial charge >= 0.3 is 0 Å². The summed E-state index contributed by atoms with van der Waals surface area (Å²) in [7, 11) is 0. The number of carbonyl (C=O) groups is 2. The van der Waals surface area contributed by atoms with E-state index in [1.165, 1.54) is 11.8 Å². The van der Waals surface area contributed by atoms with Crippen LogP contribution in [-0.2, 0) is 19.3 Å². The molecule has 0 saturated carbocycles. The number of nitrogens with one attached hydrogen (secondary N) is 2. The van der Waals surface area contributed by atoms with Crippen LogP contribution in [0.25, 0.3) is 0 Å². The van der Waals surface area contributed by atoms with Crippen molar-refractivity contribution in [2.45, 2.75) is 18.0 Å². The second-order valence-electron chi connectivity index (χ2n) is 5.14. The Morgan fingerprint density at radius 1 is 1.38 bits per heavy atom. The minimum Gasteiger partial charge on any atom is -0.406 e. The minimum absolute atomic E-state index is 0.112. The molecule has 2 N–H and O–H groups in total. The van der Waals surface area contributed by atoms with Crippen molar-refractivity contribution in [2.24, 2.45) is 0 Å². The van der Waals surface area contributed by atoms with Gasteiger partial charge < -0.3 is 15.5 Å².